The Morgan fingerprint density at radius 1 is 0.833 bits per heavy atom. The maximum atomic E-state index is 11.8. The van der Waals surface area contributed by atoms with Gasteiger partial charge < -0.3 is 10.2 Å². The van der Waals surface area contributed by atoms with Crippen LogP contribution in [0.5, 0.6) is 0 Å². The number of rotatable bonds is 5. The fourth-order valence-electron chi connectivity index (χ4n) is 1.66. The molecule has 0 fully saturated rings. The lowest BCUT2D eigenvalue weighted by Crippen LogP contribution is -2.15. The summed E-state index contributed by atoms with van der Waals surface area (Å²) in [4.78, 5) is 22.7. The van der Waals surface area contributed by atoms with Crippen molar-refractivity contribution in [1.29, 1.82) is 0 Å². The van der Waals surface area contributed by atoms with Crippen LogP contribution in [-0.2, 0) is 9.59 Å². The number of halogens is 2. The Bertz CT molecular complexity index is 828. The number of Topliss-reactive ketones (excluding diaryl/α,β-unsaturated/α-hetero) is 1. The molecule has 24 heavy (non-hydrogen) atoms. The molecule has 0 aliphatic rings. The molecule has 0 amide bonds. The topological polar surface area (TPSA) is 99.3 Å². The molecular weight excluding hydrogens is 355 g/mol. The number of aliphatic hydroxyl groups excluding tert-OH is 1. The minimum Gasteiger partial charge on any atom is -0.505 e. The van der Waals surface area contributed by atoms with Crippen LogP contribution in [-0.4, -0.2) is 22.0 Å². The summed E-state index contributed by atoms with van der Waals surface area (Å²) in [6.07, 6.45) is 0. The summed E-state index contributed by atoms with van der Waals surface area (Å²) in [5.74, 6) is -3.77. The van der Waals surface area contributed by atoms with Gasteiger partial charge in [0.25, 0.3) is 5.78 Å². The quantitative estimate of drug-likeness (QED) is 0.348. The van der Waals surface area contributed by atoms with Crippen molar-refractivity contribution in [2.75, 3.05) is 0 Å². The number of azo groups is 1. The van der Waals surface area contributed by atoms with E-state index in [9.17, 15) is 14.7 Å². The number of carboxylic acids is 1. The van der Waals surface area contributed by atoms with Gasteiger partial charge in [-0.05, 0) is 48.5 Å². The summed E-state index contributed by atoms with van der Waals surface area (Å²) >= 11 is 11.5. The second-order valence-corrected chi connectivity index (χ2v) is 5.39. The summed E-state index contributed by atoms with van der Waals surface area (Å²) in [7, 11) is 0. The molecule has 122 valence electrons. The van der Waals surface area contributed by atoms with Gasteiger partial charge in [-0.2, -0.15) is 5.11 Å². The average molecular weight is 365 g/mol. The van der Waals surface area contributed by atoms with Crippen LogP contribution in [0.15, 0.2) is 64.5 Å². The second-order valence-electron chi connectivity index (χ2n) is 4.51. The van der Waals surface area contributed by atoms with Crippen LogP contribution >= 0.6 is 23.2 Å². The van der Waals surface area contributed by atoms with Gasteiger partial charge in [-0.15, -0.1) is 5.11 Å². The van der Waals surface area contributed by atoms with E-state index in [0.29, 0.717) is 15.7 Å². The summed E-state index contributed by atoms with van der Waals surface area (Å²) < 4.78 is 0. The predicted octanol–water partition coefficient (Wildman–Crippen LogP) is 4.66. The van der Waals surface area contributed by atoms with Crippen LogP contribution in [0.2, 0.25) is 10.0 Å². The van der Waals surface area contributed by atoms with Gasteiger partial charge in [0, 0.05) is 15.6 Å². The molecule has 0 spiro atoms. The first-order chi connectivity index (χ1) is 11.4. The number of aliphatic carboxylic acids is 1. The minimum absolute atomic E-state index is 0.180. The number of carboxylic acid groups (broad SMARTS) is 1. The molecule has 0 aliphatic carbocycles. The van der Waals surface area contributed by atoms with Crippen molar-refractivity contribution in [3.05, 3.63) is 69.8 Å². The minimum atomic E-state index is -1.76. The zero-order valence-corrected chi connectivity index (χ0v) is 13.5. The van der Waals surface area contributed by atoms with E-state index in [0.717, 1.165) is 0 Å². The van der Waals surface area contributed by atoms with Gasteiger partial charge in [0.15, 0.2) is 11.5 Å². The number of carbonyl (C=O) groups is 2. The Balaban J connectivity index is 2.46. The number of hydrogen-bond donors (Lipinski definition) is 2. The molecular formula is C16H10Cl2N2O4. The Kier molecular flexibility index (Phi) is 5.68. The average Bonchev–Trinajstić information content (AvgIpc) is 2.56. The number of aliphatic hydroxyl groups is 1. The third-order valence-corrected chi connectivity index (χ3v) is 3.35. The first kappa shape index (κ1) is 17.7. The molecule has 0 aromatic heterocycles. The van der Waals surface area contributed by atoms with Gasteiger partial charge in [0.2, 0.25) is 0 Å². The lowest BCUT2D eigenvalue weighted by atomic mass is 10.1. The monoisotopic (exact) mass is 364 g/mol. The van der Waals surface area contributed by atoms with Crippen LogP contribution in [0.25, 0.3) is 5.76 Å². The van der Waals surface area contributed by atoms with Crippen LogP contribution in [0.4, 0.5) is 5.69 Å². The molecule has 6 nitrogen and oxygen atoms in total. The molecule has 2 aromatic rings. The standard InChI is InChI=1S/C16H10Cl2N2O4/c17-10-3-1-9(2-4-10)14(21)13(15(22)16(23)24)20-19-12-7-5-11(18)6-8-12/h1-8,21H,(H,23,24)/b14-13-,20-19?. The highest BCUT2D eigenvalue weighted by atomic mass is 35.5. The van der Waals surface area contributed by atoms with E-state index < -0.39 is 23.2 Å². The third-order valence-electron chi connectivity index (χ3n) is 2.84. The highest BCUT2D eigenvalue weighted by Crippen LogP contribution is 2.23. The Labute approximate surface area is 146 Å². The number of carbonyl (C=O) groups excluding carboxylic acids is 1. The lowest BCUT2D eigenvalue weighted by Gasteiger charge is -2.04. The van der Waals surface area contributed by atoms with E-state index in [1.807, 2.05) is 0 Å². The largest absolute Gasteiger partial charge is 0.505 e. The van der Waals surface area contributed by atoms with E-state index in [-0.39, 0.29) is 5.56 Å². The van der Waals surface area contributed by atoms with Crippen LogP contribution in [0, 0.1) is 0 Å². The molecule has 0 radical (unpaired) electrons. The van der Waals surface area contributed by atoms with Crippen molar-refractivity contribution in [3.63, 3.8) is 0 Å². The Morgan fingerprint density at radius 2 is 1.33 bits per heavy atom. The van der Waals surface area contributed by atoms with Crippen molar-refractivity contribution in [2.45, 2.75) is 0 Å². The molecule has 0 aliphatic heterocycles. The van der Waals surface area contributed by atoms with E-state index in [2.05, 4.69) is 10.2 Å². The molecule has 8 heteroatoms. The Morgan fingerprint density at radius 3 is 1.83 bits per heavy atom. The summed E-state index contributed by atoms with van der Waals surface area (Å²) in [5.41, 5.74) is -0.183. The Hall–Kier alpha value is -2.70. The van der Waals surface area contributed by atoms with E-state index >= 15 is 0 Å². The second kappa shape index (κ2) is 7.72. The van der Waals surface area contributed by atoms with Crippen molar-refractivity contribution in [3.8, 4) is 0 Å². The number of nitrogens with zero attached hydrogens (tertiary/aromatic N) is 2. The summed E-state index contributed by atoms with van der Waals surface area (Å²) in [6.45, 7) is 0. The zero-order chi connectivity index (χ0) is 17.7. The fourth-order valence-corrected chi connectivity index (χ4v) is 1.91. The van der Waals surface area contributed by atoms with E-state index in [1.54, 1.807) is 12.1 Å². The molecule has 0 atom stereocenters. The molecule has 2 aromatic carbocycles. The van der Waals surface area contributed by atoms with Crippen LogP contribution in [0.1, 0.15) is 5.56 Å². The maximum absolute atomic E-state index is 11.8. The number of ketones is 1. The van der Waals surface area contributed by atoms with Gasteiger partial charge in [-0.3, -0.25) is 4.79 Å². The van der Waals surface area contributed by atoms with Gasteiger partial charge in [0.1, 0.15) is 0 Å². The predicted molar refractivity (Wildman–Crippen MR) is 89.6 cm³/mol. The van der Waals surface area contributed by atoms with Crippen molar-refractivity contribution in [2.24, 2.45) is 10.2 Å². The highest BCUT2D eigenvalue weighted by molar-refractivity contribution is 6.40. The number of benzene rings is 2. The van der Waals surface area contributed by atoms with Gasteiger partial charge >= 0.3 is 5.97 Å². The van der Waals surface area contributed by atoms with Gasteiger partial charge in [-0.1, -0.05) is 23.2 Å². The summed E-state index contributed by atoms with van der Waals surface area (Å²) in [5, 5.41) is 27.3. The molecule has 0 saturated carbocycles. The van der Waals surface area contributed by atoms with Crippen molar-refractivity contribution in [1.82, 2.24) is 0 Å². The molecule has 2 N–H and O–H groups in total. The summed E-state index contributed by atoms with van der Waals surface area (Å²) in [6, 6.07) is 11.9. The van der Waals surface area contributed by atoms with E-state index in [4.69, 9.17) is 28.3 Å². The van der Waals surface area contributed by atoms with E-state index in [1.165, 1.54) is 36.4 Å². The number of hydrogen-bond acceptors (Lipinski definition) is 5. The zero-order valence-electron chi connectivity index (χ0n) is 12.0. The molecule has 2 rings (SSSR count). The molecule has 0 bridgehead atoms. The molecule has 0 heterocycles. The highest BCUT2D eigenvalue weighted by Gasteiger charge is 2.23. The first-order valence-corrected chi connectivity index (χ1v) is 7.28. The first-order valence-electron chi connectivity index (χ1n) is 6.52. The van der Waals surface area contributed by atoms with Gasteiger partial charge in [-0.25, -0.2) is 4.79 Å². The van der Waals surface area contributed by atoms with Gasteiger partial charge in [0.05, 0.1) is 5.69 Å². The van der Waals surface area contributed by atoms with Crippen molar-refractivity contribution < 1.29 is 19.8 Å². The molecule has 0 saturated heterocycles. The van der Waals surface area contributed by atoms with Crippen LogP contribution in [0.3, 0.4) is 0 Å². The normalized spacial score (nSPS) is 12.1. The fraction of sp³-hybridized carbons (Fsp3) is 0. The van der Waals surface area contributed by atoms with Crippen LogP contribution < -0.4 is 0 Å². The smallest absolute Gasteiger partial charge is 0.379 e. The molecule has 0 unspecified atom stereocenters. The van der Waals surface area contributed by atoms with Crippen molar-refractivity contribution >= 4 is 46.4 Å². The maximum Gasteiger partial charge on any atom is 0.379 e. The SMILES string of the molecule is O=C(O)C(=O)/C(N=Nc1ccc(Cl)cc1)=C(/O)c1ccc(Cl)cc1. The third kappa shape index (κ3) is 4.41. The lowest BCUT2D eigenvalue weighted by molar-refractivity contribution is -0.147.